The summed E-state index contributed by atoms with van der Waals surface area (Å²) in [6.45, 7) is 0.361. The number of ether oxygens (including phenoxy) is 1. The van der Waals surface area contributed by atoms with Gasteiger partial charge in [-0.2, -0.15) is 0 Å². The summed E-state index contributed by atoms with van der Waals surface area (Å²) in [5.41, 5.74) is 1.77. The predicted octanol–water partition coefficient (Wildman–Crippen LogP) is 5.13. The maximum absolute atomic E-state index is 13.7. The molecular formula is C27H30N2O3S. The Morgan fingerprint density at radius 3 is 2.39 bits per heavy atom. The number of nitrogens with zero attached hydrogens (tertiary/aromatic N) is 1. The van der Waals surface area contributed by atoms with E-state index in [0.29, 0.717) is 12.3 Å². The van der Waals surface area contributed by atoms with Crippen molar-refractivity contribution in [2.24, 2.45) is 0 Å². The number of nitrogens with one attached hydrogen (secondary N) is 1. The van der Waals surface area contributed by atoms with Crippen LogP contribution in [-0.4, -0.2) is 29.9 Å². The van der Waals surface area contributed by atoms with E-state index in [0.717, 1.165) is 41.7 Å². The number of hydrogen-bond donors (Lipinski definition) is 1. The van der Waals surface area contributed by atoms with Crippen LogP contribution in [0.25, 0.3) is 0 Å². The summed E-state index contributed by atoms with van der Waals surface area (Å²) in [5.74, 6) is 0.527. The lowest BCUT2D eigenvalue weighted by Gasteiger charge is -2.32. The van der Waals surface area contributed by atoms with Gasteiger partial charge < -0.3 is 15.0 Å². The van der Waals surface area contributed by atoms with Crippen molar-refractivity contribution in [2.75, 3.05) is 7.11 Å². The molecule has 6 heteroatoms. The van der Waals surface area contributed by atoms with Crippen LogP contribution in [0.4, 0.5) is 0 Å². The summed E-state index contributed by atoms with van der Waals surface area (Å²) < 4.78 is 5.31. The van der Waals surface area contributed by atoms with E-state index in [9.17, 15) is 9.59 Å². The monoisotopic (exact) mass is 462 g/mol. The first-order valence-electron chi connectivity index (χ1n) is 11.4. The molecule has 1 N–H and O–H groups in total. The highest BCUT2D eigenvalue weighted by molar-refractivity contribution is 7.10. The van der Waals surface area contributed by atoms with Gasteiger partial charge in [-0.15, -0.1) is 11.3 Å². The van der Waals surface area contributed by atoms with Gasteiger partial charge in [0.1, 0.15) is 11.8 Å². The van der Waals surface area contributed by atoms with Gasteiger partial charge in [0, 0.05) is 17.5 Å². The fourth-order valence-electron chi connectivity index (χ4n) is 4.38. The molecule has 2 aromatic carbocycles. The first-order valence-corrected chi connectivity index (χ1v) is 12.3. The van der Waals surface area contributed by atoms with Crippen LogP contribution >= 0.6 is 11.3 Å². The van der Waals surface area contributed by atoms with Gasteiger partial charge in [-0.1, -0.05) is 61.4 Å². The molecule has 0 radical (unpaired) electrons. The summed E-state index contributed by atoms with van der Waals surface area (Å²) in [4.78, 5) is 30.0. The highest BCUT2D eigenvalue weighted by Crippen LogP contribution is 2.28. The van der Waals surface area contributed by atoms with Crippen LogP contribution in [0.15, 0.2) is 72.1 Å². The van der Waals surface area contributed by atoms with Crippen LogP contribution in [0.2, 0.25) is 0 Å². The third-order valence-corrected chi connectivity index (χ3v) is 6.99. The number of carbonyl (C=O) groups is 2. The van der Waals surface area contributed by atoms with Crippen LogP contribution in [-0.2, 0) is 22.6 Å². The Balaban J connectivity index is 1.69. The van der Waals surface area contributed by atoms with E-state index in [-0.39, 0.29) is 24.3 Å². The molecular weight excluding hydrogens is 432 g/mol. The number of amides is 2. The maximum atomic E-state index is 13.7. The Hall–Kier alpha value is -3.12. The van der Waals surface area contributed by atoms with Crippen molar-refractivity contribution in [3.63, 3.8) is 0 Å². The first-order chi connectivity index (χ1) is 16.1. The third-order valence-electron chi connectivity index (χ3n) is 6.11. The third kappa shape index (κ3) is 6.02. The van der Waals surface area contributed by atoms with Crippen LogP contribution in [0.3, 0.4) is 0 Å². The van der Waals surface area contributed by atoms with Crippen molar-refractivity contribution in [3.05, 3.63) is 88.1 Å². The van der Waals surface area contributed by atoms with Gasteiger partial charge in [-0.25, -0.2) is 0 Å². The van der Waals surface area contributed by atoms with E-state index in [2.05, 4.69) is 5.32 Å². The molecule has 1 fully saturated rings. The van der Waals surface area contributed by atoms with Crippen LogP contribution in [0, 0.1) is 0 Å². The standard InChI is InChI=1S/C27H30N2O3S/c1-32-23-15-13-21(14-16-23)26(27(31)28-22-10-5-6-11-22)29(19-20-8-3-2-4-9-20)25(30)18-24-12-7-17-33-24/h2-4,7-9,12-17,22,26H,5-6,10-11,18-19H2,1H3,(H,28,31)/t26-/m1/s1. The molecule has 1 aromatic heterocycles. The molecule has 1 heterocycles. The Morgan fingerprint density at radius 2 is 1.76 bits per heavy atom. The minimum atomic E-state index is -0.718. The number of benzene rings is 2. The second kappa shape index (κ2) is 11.1. The lowest BCUT2D eigenvalue weighted by Crippen LogP contribution is -2.46. The van der Waals surface area contributed by atoms with Crippen LogP contribution < -0.4 is 10.1 Å². The van der Waals surface area contributed by atoms with Gasteiger partial charge in [-0.3, -0.25) is 9.59 Å². The summed E-state index contributed by atoms with van der Waals surface area (Å²) in [6.07, 6.45) is 4.51. The summed E-state index contributed by atoms with van der Waals surface area (Å²) in [5, 5.41) is 5.19. The second-order valence-electron chi connectivity index (χ2n) is 8.43. The van der Waals surface area contributed by atoms with Gasteiger partial charge in [0.2, 0.25) is 11.8 Å². The summed E-state index contributed by atoms with van der Waals surface area (Å²) >= 11 is 1.56. The van der Waals surface area contributed by atoms with Crippen molar-refractivity contribution < 1.29 is 14.3 Å². The number of rotatable bonds is 9. The molecule has 0 unspecified atom stereocenters. The number of hydrogen-bond acceptors (Lipinski definition) is 4. The number of methoxy groups -OCH3 is 1. The number of carbonyl (C=O) groups excluding carboxylic acids is 2. The van der Waals surface area contributed by atoms with E-state index in [1.165, 1.54) is 0 Å². The fraction of sp³-hybridized carbons (Fsp3) is 0.333. The van der Waals surface area contributed by atoms with Gasteiger partial charge in [0.25, 0.3) is 0 Å². The quantitative estimate of drug-likeness (QED) is 0.480. The van der Waals surface area contributed by atoms with Gasteiger partial charge in [0.05, 0.1) is 13.5 Å². The molecule has 1 saturated carbocycles. The predicted molar refractivity (Wildman–Crippen MR) is 131 cm³/mol. The minimum Gasteiger partial charge on any atom is -0.497 e. The molecule has 172 valence electrons. The number of thiophene rings is 1. The molecule has 1 aliphatic rings. The van der Waals surface area contributed by atoms with Gasteiger partial charge in [0.15, 0.2) is 0 Å². The van der Waals surface area contributed by atoms with E-state index in [1.807, 2.05) is 72.1 Å². The SMILES string of the molecule is COc1ccc([C@H](C(=O)NC2CCCC2)N(Cc2ccccc2)C(=O)Cc2cccs2)cc1. The van der Waals surface area contributed by atoms with Crippen molar-refractivity contribution in [2.45, 2.75) is 50.7 Å². The molecule has 2 amide bonds. The van der Waals surface area contributed by atoms with Crippen molar-refractivity contribution in [3.8, 4) is 5.75 Å². The molecule has 3 aromatic rings. The van der Waals surface area contributed by atoms with E-state index in [1.54, 1.807) is 23.3 Å². The first kappa shape index (κ1) is 23.1. The van der Waals surface area contributed by atoms with Crippen molar-refractivity contribution in [1.29, 1.82) is 0 Å². The normalized spacial score (nSPS) is 14.6. The Bertz CT molecular complexity index is 1030. The lowest BCUT2D eigenvalue weighted by molar-refractivity contribution is -0.141. The van der Waals surface area contributed by atoms with Crippen LogP contribution in [0.1, 0.15) is 47.7 Å². The lowest BCUT2D eigenvalue weighted by atomic mass is 10.0. The average molecular weight is 463 g/mol. The van der Waals surface area contributed by atoms with Crippen LogP contribution in [0.5, 0.6) is 5.75 Å². The minimum absolute atomic E-state index is 0.0660. The molecule has 33 heavy (non-hydrogen) atoms. The summed E-state index contributed by atoms with van der Waals surface area (Å²) in [6, 6.07) is 20.7. The zero-order valence-electron chi connectivity index (χ0n) is 18.9. The second-order valence-corrected chi connectivity index (χ2v) is 9.46. The Kier molecular flexibility index (Phi) is 7.79. The molecule has 0 spiro atoms. The topological polar surface area (TPSA) is 58.6 Å². The summed E-state index contributed by atoms with van der Waals surface area (Å²) in [7, 11) is 1.62. The molecule has 1 aliphatic carbocycles. The largest absolute Gasteiger partial charge is 0.497 e. The molecule has 5 nitrogen and oxygen atoms in total. The Labute approximate surface area is 199 Å². The van der Waals surface area contributed by atoms with Crippen molar-refractivity contribution >= 4 is 23.2 Å². The van der Waals surface area contributed by atoms with E-state index >= 15 is 0 Å². The van der Waals surface area contributed by atoms with E-state index < -0.39 is 6.04 Å². The zero-order valence-corrected chi connectivity index (χ0v) is 19.7. The average Bonchev–Trinajstić information content (AvgIpc) is 3.54. The maximum Gasteiger partial charge on any atom is 0.247 e. The highest BCUT2D eigenvalue weighted by atomic mass is 32.1. The molecule has 0 saturated heterocycles. The Morgan fingerprint density at radius 1 is 1.03 bits per heavy atom. The highest BCUT2D eigenvalue weighted by Gasteiger charge is 2.33. The van der Waals surface area contributed by atoms with Crippen molar-refractivity contribution in [1.82, 2.24) is 10.2 Å². The molecule has 0 bridgehead atoms. The molecule has 4 rings (SSSR count). The fourth-order valence-corrected chi connectivity index (χ4v) is 5.07. The van der Waals surface area contributed by atoms with Gasteiger partial charge >= 0.3 is 0 Å². The van der Waals surface area contributed by atoms with Gasteiger partial charge in [-0.05, 0) is 47.5 Å². The zero-order chi connectivity index (χ0) is 23.0. The smallest absolute Gasteiger partial charge is 0.247 e. The molecule has 0 aliphatic heterocycles. The van der Waals surface area contributed by atoms with E-state index in [4.69, 9.17) is 4.74 Å². The molecule has 1 atom stereocenters.